The first-order valence-corrected chi connectivity index (χ1v) is 8.06. The van der Waals surface area contributed by atoms with E-state index in [-0.39, 0.29) is 18.5 Å². The summed E-state index contributed by atoms with van der Waals surface area (Å²) in [6, 6.07) is 2.61. The van der Waals surface area contributed by atoms with Crippen molar-refractivity contribution in [3.63, 3.8) is 0 Å². The van der Waals surface area contributed by atoms with Crippen LogP contribution in [0.3, 0.4) is 0 Å². The van der Waals surface area contributed by atoms with Crippen molar-refractivity contribution in [1.29, 1.82) is 0 Å². The monoisotopic (exact) mass is 378 g/mol. The summed E-state index contributed by atoms with van der Waals surface area (Å²) >= 11 is 0. The second-order valence-corrected chi connectivity index (χ2v) is 5.78. The third-order valence-corrected chi connectivity index (χ3v) is 4.01. The molecule has 0 saturated carbocycles. The molecule has 142 valence electrons. The molecule has 0 fully saturated rings. The number of alkyl halides is 2. The normalized spacial score (nSPS) is 12.5. The average molecular weight is 378 g/mol. The van der Waals surface area contributed by atoms with E-state index in [4.69, 9.17) is 0 Å². The summed E-state index contributed by atoms with van der Waals surface area (Å²) in [5, 5.41) is 30.4. The topological polar surface area (TPSA) is 111 Å². The Balaban J connectivity index is 1.87. The fraction of sp³-hybridized carbons (Fsp3) is 0.333. The smallest absolute Gasteiger partial charge is 0.423 e. The van der Waals surface area contributed by atoms with Crippen LogP contribution >= 0.6 is 0 Å². The van der Waals surface area contributed by atoms with Gasteiger partial charge in [-0.2, -0.15) is 13.9 Å². The zero-order valence-electron chi connectivity index (χ0n) is 14.4. The van der Waals surface area contributed by atoms with Gasteiger partial charge in [-0.25, -0.2) is 4.68 Å². The average Bonchev–Trinajstić information content (AvgIpc) is 3.27. The van der Waals surface area contributed by atoms with Crippen molar-refractivity contribution in [2.75, 3.05) is 6.61 Å². The van der Waals surface area contributed by atoms with Gasteiger partial charge in [-0.15, -0.1) is 5.10 Å². The molecule has 3 aromatic heterocycles. The van der Waals surface area contributed by atoms with Crippen molar-refractivity contribution in [3.05, 3.63) is 42.6 Å². The minimum atomic E-state index is -2.86. The van der Waals surface area contributed by atoms with Crippen LogP contribution in [0.15, 0.2) is 36.9 Å². The molecule has 0 saturated heterocycles. The Hall–Kier alpha value is -2.70. The van der Waals surface area contributed by atoms with Crippen molar-refractivity contribution in [2.45, 2.75) is 19.1 Å². The van der Waals surface area contributed by atoms with Gasteiger partial charge in [0.1, 0.15) is 0 Å². The van der Waals surface area contributed by atoms with Gasteiger partial charge in [0.05, 0.1) is 36.4 Å². The van der Waals surface area contributed by atoms with Crippen molar-refractivity contribution < 1.29 is 23.6 Å². The highest BCUT2D eigenvalue weighted by atomic mass is 19.3. The number of hydrogen-bond acceptors (Lipinski definition) is 7. The van der Waals surface area contributed by atoms with Crippen LogP contribution in [0.25, 0.3) is 11.3 Å². The number of rotatable bonds is 8. The van der Waals surface area contributed by atoms with Gasteiger partial charge in [-0.3, -0.25) is 9.67 Å². The molecule has 3 aromatic rings. The number of aromatic nitrogens is 6. The van der Waals surface area contributed by atoms with E-state index in [0.29, 0.717) is 5.69 Å². The predicted molar refractivity (Wildman–Crippen MR) is 91.0 cm³/mol. The van der Waals surface area contributed by atoms with Crippen LogP contribution in [-0.2, 0) is 11.8 Å². The summed E-state index contributed by atoms with van der Waals surface area (Å²) in [4.78, 5) is 4.21. The third-order valence-electron chi connectivity index (χ3n) is 4.01. The van der Waals surface area contributed by atoms with Gasteiger partial charge in [0.25, 0.3) is 0 Å². The van der Waals surface area contributed by atoms with Gasteiger partial charge in [0.15, 0.2) is 0 Å². The van der Waals surface area contributed by atoms with Crippen molar-refractivity contribution in [3.8, 4) is 11.3 Å². The molecule has 9 nitrogen and oxygen atoms in total. The molecule has 0 amide bonds. The SMILES string of the molecule is Cn1nncc1-c1cnn(C(CCOC(F)F)c2ccc(B(O)O)cn2)c1. The Morgan fingerprint density at radius 3 is 2.63 bits per heavy atom. The fourth-order valence-electron chi connectivity index (χ4n) is 2.64. The number of pyridine rings is 1. The highest BCUT2D eigenvalue weighted by Gasteiger charge is 2.20. The summed E-state index contributed by atoms with van der Waals surface area (Å²) in [5.41, 5.74) is 2.25. The minimum absolute atomic E-state index is 0.198. The van der Waals surface area contributed by atoms with Gasteiger partial charge in [0.2, 0.25) is 0 Å². The number of halogens is 2. The molecule has 3 rings (SSSR count). The summed E-state index contributed by atoms with van der Waals surface area (Å²) in [6.07, 6.45) is 6.46. The number of ether oxygens (including phenoxy) is 1. The van der Waals surface area contributed by atoms with Crippen molar-refractivity contribution in [2.24, 2.45) is 7.05 Å². The maximum atomic E-state index is 12.3. The number of hydrogen-bond donors (Lipinski definition) is 2. The molecule has 0 aliphatic rings. The lowest BCUT2D eigenvalue weighted by Crippen LogP contribution is -2.30. The molecular formula is C15H17BF2N6O3. The first-order valence-electron chi connectivity index (χ1n) is 8.06. The second-order valence-electron chi connectivity index (χ2n) is 5.78. The van der Waals surface area contributed by atoms with Crippen LogP contribution in [0.2, 0.25) is 0 Å². The molecule has 0 bridgehead atoms. The van der Waals surface area contributed by atoms with Gasteiger partial charge in [0, 0.05) is 30.5 Å². The fourth-order valence-corrected chi connectivity index (χ4v) is 2.64. The highest BCUT2D eigenvalue weighted by Crippen LogP contribution is 2.23. The molecule has 0 spiro atoms. The van der Waals surface area contributed by atoms with Crippen LogP contribution in [0, 0.1) is 0 Å². The lowest BCUT2D eigenvalue weighted by atomic mass is 9.81. The quantitative estimate of drug-likeness (QED) is 0.530. The molecule has 0 aromatic carbocycles. The largest absolute Gasteiger partial charge is 0.490 e. The van der Waals surface area contributed by atoms with E-state index in [2.05, 4.69) is 25.1 Å². The van der Waals surface area contributed by atoms with Crippen LogP contribution < -0.4 is 5.46 Å². The molecule has 0 aliphatic carbocycles. The lowest BCUT2D eigenvalue weighted by Gasteiger charge is -2.17. The van der Waals surface area contributed by atoms with Crippen LogP contribution in [0.4, 0.5) is 8.78 Å². The Morgan fingerprint density at radius 1 is 1.22 bits per heavy atom. The van der Waals surface area contributed by atoms with Gasteiger partial charge >= 0.3 is 13.7 Å². The van der Waals surface area contributed by atoms with E-state index in [1.165, 1.54) is 12.3 Å². The zero-order chi connectivity index (χ0) is 19.4. The molecule has 27 heavy (non-hydrogen) atoms. The van der Waals surface area contributed by atoms with Gasteiger partial charge < -0.3 is 14.8 Å². The van der Waals surface area contributed by atoms with Crippen molar-refractivity contribution >= 4 is 12.6 Å². The van der Waals surface area contributed by atoms with Crippen LogP contribution in [-0.4, -0.2) is 60.1 Å². The first kappa shape index (κ1) is 19.1. The molecule has 0 radical (unpaired) electrons. The van der Waals surface area contributed by atoms with Gasteiger partial charge in [-0.1, -0.05) is 11.3 Å². The van der Waals surface area contributed by atoms with E-state index in [1.807, 2.05) is 0 Å². The number of aryl methyl sites for hydroxylation is 1. The maximum absolute atomic E-state index is 12.3. The van der Waals surface area contributed by atoms with E-state index in [0.717, 1.165) is 11.3 Å². The summed E-state index contributed by atoms with van der Waals surface area (Å²) in [6.45, 7) is -3.06. The molecular weight excluding hydrogens is 361 g/mol. The van der Waals surface area contributed by atoms with E-state index in [1.54, 1.807) is 41.1 Å². The zero-order valence-corrected chi connectivity index (χ0v) is 14.4. The summed E-state index contributed by atoms with van der Waals surface area (Å²) in [7, 11) is 0.106. The Kier molecular flexibility index (Phi) is 5.89. The summed E-state index contributed by atoms with van der Waals surface area (Å²) < 4.78 is 32.2. The minimum Gasteiger partial charge on any atom is -0.423 e. The Bertz CT molecular complexity index is 871. The number of nitrogens with zero attached hydrogens (tertiary/aromatic N) is 6. The highest BCUT2D eigenvalue weighted by molar-refractivity contribution is 6.58. The third kappa shape index (κ3) is 4.53. The first-order chi connectivity index (χ1) is 13.0. The predicted octanol–water partition coefficient (Wildman–Crippen LogP) is -0.0279. The molecule has 3 heterocycles. The molecule has 1 atom stereocenters. The standard InChI is InChI=1S/C15H17BF2N6O3/c1-23-14(8-20-22-23)10-6-21-24(9-10)13(4-5-27-15(17)18)12-3-2-11(7-19-12)16(25)26/h2-3,6-9,13,15,25-26H,4-5H2,1H3. The second kappa shape index (κ2) is 8.33. The van der Waals surface area contributed by atoms with Gasteiger partial charge in [-0.05, 0) is 12.5 Å². The lowest BCUT2D eigenvalue weighted by molar-refractivity contribution is -0.130. The van der Waals surface area contributed by atoms with Crippen molar-refractivity contribution in [1.82, 2.24) is 29.8 Å². The molecule has 12 heteroatoms. The molecule has 1 unspecified atom stereocenters. The van der Waals surface area contributed by atoms with E-state index >= 15 is 0 Å². The molecule has 2 N–H and O–H groups in total. The van der Waals surface area contributed by atoms with E-state index in [9.17, 15) is 18.8 Å². The van der Waals surface area contributed by atoms with Crippen LogP contribution in [0.5, 0.6) is 0 Å². The Labute approximate surface area is 153 Å². The van der Waals surface area contributed by atoms with E-state index < -0.39 is 19.8 Å². The maximum Gasteiger partial charge on any atom is 0.490 e. The van der Waals surface area contributed by atoms with Crippen LogP contribution in [0.1, 0.15) is 18.2 Å². The molecule has 0 aliphatic heterocycles. The summed E-state index contributed by atoms with van der Waals surface area (Å²) in [5.74, 6) is 0. The Morgan fingerprint density at radius 2 is 2.04 bits per heavy atom.